The summed E-state index contributed by atoms with van der Waals surface area (Å²) in [5.74, 6) is -0.240. The van der Waals surface area contributed by atoms with E-state index in [-0.39, 0.29) is 5.97 Å². The van der Waals surface area contributed by atoms with Crippen LogP contribution in [0.2, 0.25) is 0 Å². The Labute approximate surface area is 169 Å². The number of carbonyl (C=O) groups is 2. The molecular weight excluding hydrogens is 356 g/mol. The number of aliphatic carboxylic acids is 1. The fraction of sp³-hybridized carbons (Fsp3) is 0.652. The maximum absolute atomic E-state index is 12.0. The number of carbonyl (C=O) groups excluding carboxylic acids is 1. The third-order valence-electron chi connectivity index (χ3n) is 4.29. The number of carboxylic acids is 1. The highest BCUT2D eigenvalue weighted by Crippen LogP contribution is 2.17. The fourth-order valence-corrected chi connectivity index (χ4v) is 2.83. The van der Waals surface area contributed by atoms with Crippen molar-refractivity contribution in [2.24, 2.45) is 0 Å². The number of rotatable bonds is 14. The second kappa shape index (κ2) is 13.2. The van der Waals surface area contributed by atoms with E-state index in [1.54, 1.807) is 12.1 Å². The molecule has 0 aliphatic rings. The van der Waals surface area contributed by atoms with Crippen molar-refractivity contribution in [1.29, 1.82) is 0 Å². The van der Waals surface area contributed by atoms with Crippen LogP contribution in [0.5, 0.6) is 5.75 Å². The molecule has 0 fully saturated rings. The van der Waals surface area contributed by atoms with E-state index >= 15 is 0 Å². The van der Waals surface area contributed by atoms with Gasteiger partial charge in [0.1, 0.15) is 11.4 Å². The Hall–Kier alpha value is -2.04. The van der Waals surface area contributed by atoms with E-state index in [1.165, 1.54) is 25.7 Å². The topological polar surface area (TPSA) is 72.8 Å². The molecule has 5 heteroatoms. The van der Waals surface area contributed by atoms with E-state index in [2.05, 4.69) is 0 Å². The number of hydrogen-bond acceptors (Lipinski definition) is 4. The first kappa shape index (κ1) is 24.0. The normalized spacial score (nSPS) is 11.2. The van der Waals surface area contributed by atoms with Gasteiger partial charge in [-0.25, -0.2) is 4.79 Å². The fourth-order valence-electron chi connectivity index (χ4n) is 2.83. The van der Waals surface area contributed by atoms with Crippen LogP contribution in [0.3, 0.4) is 0 Å². The largest absolute Gasteiger partial charge is 0.494 e. The predicted molar refractivity (Wildman–Crippen MR) is 111 cm³/mol. The lowest BCUT2D eigenvalue weighted by molar-refractivity contribution is -0.137. The van der Waals surface area contributed by atoms with Gasteiger partial charge in [-0.2, -0.15) is 0 Å². The van der Waals surface area contributed by atoms with Crippen molar-refractivity contribution >= 4 is 11.9 Å². The van der Waals surface area contributed by atoms with Gasteiger partial charge in [-0.15, -0.1) is 0 Å². The molecule has 0 atom stereocenters. The standard InChI is InChI=1S/C23H36O5/c1-23(2,3)28-22(26)19-14-16-20(17-15-19)27-18-12-10-8-6-4-5-7-9-11-13-21(24)25/h14-17H,4-13,18H2,1-3H3,(H,24,25). The smallest absolute Gasteiger partial charge is 0.338 e. The number of hydrogen-bond donors (Lipinski definition) is 1. The SMILES string of the molecule is CC(C)(C)OC(=O)c1ccc(OCCCCCCCCCCCC(=O)O)cc1. The molecule has 1 rings (SSSR count). The Morgan fingerprint density at radius 2 is 1.32 bits per heavy atom. The molecule has 5 nitrogen and oxygen atoms in total. The highest BCUT2D eigenvalue weighted by molar-refractivity contribution is 5.89. The molecule has 0 unspecified atom stereocenters. The van der Waals surface area contributed by atoms with Gasteiger partial charge >= 0.3 is 11.9 Å². The third kappa shape index (κ3) is 12.4. The summed E-state index contributed by atoms with van der Waals surface area (Å²) >= 11 is 0. The summed E-state index contributed by atoms with van der Waals surface area (Å²) in [7, 11) is 0. The van der Waals surface area contributed by atoms with Crippen LogP contribution in [-0.4, -0.2) is 29.3 Å². The molecule has 158 valence electrons. The van der Waals surface area contributed by atoms with Crippen LogP contribution >= 0.6 is 0 Å². The van der Waals surface area contributed by atoms with Gasteiger partial charge in [0.25, 0.3) is 0 Å². The average Bonchev–Trinajstić information content (AvgIpc) is 2.61. The molecular formula is C23H36O5. The van der Waals surface area contributed by atoms with E-state index in [0.29, 0.717) is 18.6 Å². The van der Waals surface area contributed by atoms with E-state index in [0.717, 1.165) is 37.9 Å². The van der Waals surface area contributed by atoms with E-state index in [9.17, 15) is 9.59 Å². The molecule has 0 amide bonds. The summed E-state index contributed by atoms with van der Waals surface area (Å²) in [6.45, 7) is 6.24. The van der Waals surface area contributed by atoms with Crippen molar-refractivity contribution in [1.82, 2.24) is 0 Å². The van der Waals surface area contributed by atoms with Gasteiger partial charge in [-0.1, -0.05) is 44.9 Å². The van der Waals surface area contributed by atoms with Gasteiger partial charge in [0, 0.05) is 6.42 Å². The third-order valence-corrected chi connectivity index (χ3v) is 4.29. The highest BCUT2D eigenvalue weighted by atomic mass is 16.6. The highest BCUT2D eigenvalue weighted by Gasteiger charge is 2.17. The lowest BCUT2D eigenvalue weighted by Crippen LogP contribution is -2.23. The molecule has 0 spiro atoms. The van der Waals surface area contributed by atoms with Gasteiger partial charge in [0.05, 0.1) is 12.2 Å². The Morgan fingerprint density at radius 3 is 1.82 bits per heavy atom. The molecule has 0 aromatic heterocycles. The summed E-state index contributed by atoms with van der Waals surface area (Å²) in [4.78, 5) is 22.4. The second-order valence-corrected chi connectivity index (χ2v) is 8.20. The lowest BCUT2D eigenvalue weighted by atomic mass is 10.1. The first-order chi connectivity index (χ1) is 13.3. The quantitative estimate of drug-likeness (QED) is 0.310. The molecule has 0 aliphatic heterocycles. The Morgan fingerprint density at radius 1 is 0.821 bits per heavy atom. The van der Waals surface area contributed by atoms with Crippen molar-refractivity contribution in [3.63, 3.8) is 0 Å². The maximum atomic E-state index is 12.0. The van der Waals surface area contributed by atoms with Gasteiger partial charge in [0.15, 0.2) is 0 Å². The zero-order valence-corrected chi connectivity index (χ0v) is 17.7. The second-order valence-electron chi connectivity index (χ2n) is 8.20. The molecule has 0 saturated heterocycles. The van der Waals surface area contributed by atoms with Crippen molar-refractivity contribution in [2.45, 2.75) is 90.6 Å². The van der Waals surface area contributed by atoms with E-state index < -0.39 is 11.6 Å². The average molecular weight is 393 g/mol. The van der Waals surface area contributed by atoms with Gasteiger partial charge in [-0.05, 0) is 57.9 Å². The summed E-state index contributed by atoms with van der Waals surface area (Å²) < 4.78 is 11.1. The Balaban J connectivity index is 2.03. The maximum Gasteiger partial charge on any atom is 0.338 e. The van der Waals surface area contributed by atoms with E-state index in [1.807, 2.05) is 32.9 Å². The molecule has 1 aromatic carbocycles. The first-order valence-electron chi connectivity index (χ1n) is 10.5. The van der Waals surface area contributed by atoms with Crippen LogP contribution < -0.4 is 4.74 Å². The summed E-state index contributed by atoms with van der Waals surface area (Å²) in [5, 5.41) is 8.57. The van der Waals surface area contributed by atoms with Gasteiger partial charge in [-0.3, -0.25) is 4.79 Å². The zero-order chi connectivity index (χ0) is 20.8. The zero-order valence-electron chi connectivity index (χ0n) is 17.7. The molecule has 0 radical (unpaired) electrons. The molecule has 0 bridgehead atoms. The first-order valence-corrected chi connectivity index (χ1v) is 10.5. The van der Waals surface area contributed by atoms with Crippen LogP contribution in [0.25, 0.3) is 0 Å². The monoisotopic (exact) mass is 392 g/mol. The predicted octanol–water partition coefficient (Wildman–Crippen LogP) is 6.01. The number of ether oxygens (including phenoxy) is 2. The van der Waals surface area contributed by atoms with Crippen LogP contribution in [0.1, 0.15) is 95.3 Å². The number of esters is 1. The number of carboxylic acid groups (broad SMARTS) is 1. The molecule has 1 aromatic rings. The van der Waals surface area contributed by atoms with Crippen LogP contribution in [0.15, 0.2) is 24.3 Å². The van der Waals surface area contributed by atoms with Crippen molar-refractivity contribution in [3.05, 3.63) is 29.8 Å². The van der Waals surface area contributed by atoms with Crippen LogP contribution in [0.4, 0.5) is 0 Å². The minimum absolute atomic E-state index is 0.295. The van der Waals surface area contributed by atoms with Crippen molar-refractivity contribution < 1.29 is 24.2 Å². The Bertz CT molecular complexity index is 572. The molecule has 0 heterocycles. The Kier molecular flexibility index (Phi) is 11.3. The van der Waals surface area contributed by atoms with Crippen molar-refractivity contribution in [2.75, 3.05) is 6.61 Å². The summed E-state index contributed by atoms with van der Waals surface area (Å²) in [6, 6.07) is 7.09. The summed E-state index contributed by atoms with van der Waals surface area (Å²) in [6.07, 6.45) is 10.3. The molecule has 28 heavy (non-hydrogen) atoms. The van der Waals surface area contributed by atoms with Gasteiger partial charge < -0.3 is 14.6 Å². The number of unbranched alkanes of at least 4 members (excludes halogenated alkanes) is 8. The summed E-state index contributed by atoms with van der Waals surface area (Å²) in [5.41, 5.74) is 0.0392. The molecule has 0 aliphatic carbocycles. The van der Waals surface area contributed by atoms with Crippen LogP contribution in [-0.2, 0) is 9.53 Å². The molecule has 1 N–H and O–H groups in total. The molecule has 0 saturated carbocycles. The minimum Gasteiger partial charge on any atom is -0.494 e. The van der Waals surface area contributed by atoms with Crippen LogP contribution in [0, 0.1) is 0 Å². The lowest BCUT2D eigenvalue weighted by Gasteiger charge is -2.19. The van der Waals surface area contributed by atoms with Gasteiger partial charge in [0.2, 0.25) is 0 Å². The number of benzene rings is 1. The minimum atomic E-state index is -0.693. The van der Waals surface area contributed by atoms with E-state index in [4.69, 9.17) is 14.6 Å². The van der Waals surface area contributed by atoms with Crippen molar-refractivity contribution in [3.8, 4) is 5.75 Å².